The van der Waals surface area contributed by atoms with Gasteiger partial charge in [0, 0.05) is 5.70 Å². The minimum atomic E-state index is -0.951. The van der Waals surface area contributed by atoms with Gasteiger partial charge in [0.25, 0.3) is 0 Å². The Morgan fingerprint density at radius 2 is 2.20 bits per heavy atom. The average molecular weight is 269 g/mol. The maximum atomic E-state index is 12.1. The first-order valence-corrected chi connectivity index (χ1v) is 6.42. The quantitative estimate of drug-likeness (QED) is 0.736. The highest BCUT2D eigenvalue weighted by molar-refractivity contribution is 5.72. The van der Waals surface area contributed by atoms with E-state index in [1.807, 2.05) is 6.08 Å². The van der Waals surface area contributed by atoms with Gasteiger partial charge in [-0.05, 0) is 37.6 Å². The van der Waals surface area contributed by atoms with Crippen LogP contribution in [0.1, 0.15) is 13.3 Å². The van der Waals surface area contributed by atoms with Crippen molar-refractivity contribution in [3.05, 3.63) is 36.1 Å². The summed E-state index contributed by atoms with van der Waals surface area (Å²) in [5.74, 6) is 11.2. The molecule has 0 saturated heterocycles. The van der Waals surface area contributed by atoms with Crippen LogP contribution in [-0.2, 0) is 4.74 Å². The molecular weight excluding hydrogens is 254 g/mol. The molecule has 2 atom stereocenters. The molecule has 0 aromatic rings. The van der Waals surface area contributed by atoms with E-state index >= 15 is 0 Å². The van der Waals surface area contributed by atoms with E-state index in [0.717, 1.165) is 0 Å². The highest BCUT2D eigenvalue weighted by Gasteiger charge is 2.28. The average Bonchev–Trinajstić information content (AvgIpc) is 2.44. The summed E-state index contributed by atoms with van der Waals surface area (Å²) < 4.78 is 5.06. The van der Waals surface area contributed by atoms with E-state index < -0.39 is 12.2 Å². The van der Waals surface area contributed by atoms with Crippen molar-refractivity contribution in [1.29, 1.82) is 0 Å². The Bertz CT molecular complexity index is 593. The van der Waals surface area contributed by atoms with Crippen LogP contribution in [-0.4, -0.2) is 34.9 Å². The number of ether oxygens (including phenoxy) is 1. The number of hydrogen-bond acceptors (Lipinski definition) is 3. The molecule has 0 aromatic heterocycles. The van der Waals surface area contributed by atoms with Crippen LogP contribution >= 0.6 is 0 Å². The first kappa shape index (κ1) is 14.0. The molecule has 102 valence electrons. The van der Waals surface area contributed by atoms with Crippen molar-refractivity contribution in [1.82, 2.24) is 4.90 Å². The van der Waals surface area contributed by atoms with Crippen molar-refractivity contribution < 1.29 is 14.6 Å². The molecule has 1 N–H and O–H groups in total. The number of nitrogens with zero attached hydrogens (tertiary/aromatic N) is 1. The standard InChI is InChI=1S/C16H15NO3/c1-2-20-16(19)17-13-8-5-3-4-6-11-15(18)12-14(17)10-7-9-13/h3-4,7,10,12-13,15,18H,2,9H2,1H3/b4-3-,14-12-/t13-,15-/m1/s1. The maximum absolute atomic E-state index is 12.1. The normalized spacial score (nSPS) is 27.7. The van der Waals surface area contributed by atoms with Crippen LogP contribution in [0.15, 0.2) is 36.1 Å². The summed E-state index contributed by atoms with van der Waals surface area (Å²) in [4.78, 5) is 13.6. The fraction of sp³-hybridized carbons (Fsp3) is 0.312. The third-order valence-corrected chi connectivity index (χ3v) is 2.76. The molecule has 0 aromatic carbocycles. The van der Waals surface area contributed by atoms with Gasteiger partial charge in [-0.15, -0.1) is 0 Å². The molecule has 2 aliphatic rings. The monoisotopic (exact) mass is 269 g/mol. The molecule has 2 heterocycles. The minimum absolute atomic E-state index is 0.286. The molecule has 0 spiro atoms. The lowest BCUT2D eigenvalue weighted by Crippen LogP contribution is -2.40. The molecule has 0 aliphatic carbocycles. The van der Waals surface area contributed by atoms with Crippen LogP contribution < -0.4 is 0 Å². The van der Waals surface area contributed by atoms with Crippen LogP contribution in [0.2, 0.25) is 0 Å². The molecular formula is C16H15NO3. The Hall–Kier alpha value is -2.43. The lowest BCUT2D eigenvalue weighted by molar-refractivity contribution is 0.112. The smallest absolute Gasteiger partial charge is 0.415 e. The van der Waals surface area contributed by atoms with Gasteiger partial charge in [-0.1, -0.05) is 29.8 Å². The number of aliphatic hydroxyl groups excluding tert-OH is 1. The molecule has 0 radical (unpaired) electrons. The van der Waals surface area contributed by atoms with E-state index in [1.54, 1.807) is 25.2 Å². The second-order valence-electron chi connectivity index (χ2n) is 4.17. The highest BCUT2D eigenvalue weighted by Crippen LogP contribution is 2.22. The summed E-state index contributed by atoms with van der Waals surface area (Å²) >= 11 is 0. The summed E-state index contributed by atoms with van der Waals surface area (Å²) in [6.07, 6.45) is 7.59. The van der Waals surface area contributed by atoms with Gasteiger partial charge in [0.2, 0.25) is 0 Å². The summed E-state index contributed by atoms with van der Waals surface area (Å²) in [5.41, 5.74) is 0.553. The van der Waals surface area contributed by atoms with E-state index in [1.165, 1.54) is 11.0 Å². The summed E-state index contributed by atoms with van der Waals surface area (Å²) in [6.45, 7) is 2.04. The van der Waals surface area contributed by atoms with Crippen molar-refractivity contribution in [2.24, 2.45) is 0 Å². The van der Waals surface area contributed by atoms with E-state index in [4.69, 9.17) is 4.74 Å². The van der Waals surface area contributed by atoms with Crippen LogP contribution in [0.4, 0.5) is 4.79 Å². The fourth-order valence-corrected chi connectivity index (χ4v) is 1.93. The molecule has 2 rings (SSSR count). The molecule has 20 heavy (non-hydrogen) atoms. The Morgan fingerprint density at radius 3 is 2.95 bits per heavy atom. The summed E-state index contributed by atoms with van der Waals surface area (Å²) in [6, 6.07) is -0.305. The number of fused-ring (bicyclic) bond motifs is 2. The van der Waals surface area contributed by atoms with Crippen molar-refractivity contribution >= 4 is 6.09 Å². The molecule has 0 unspecified atom stereocenters. The van der Waals surface area contributed by atoms with E-state index in [9.17, 15) is 9.90 Å². The molecule has 2 aliphatic heterocycles. The SMILES string of the molecule is CCOC(=O)N1/C2=C\[C@H](O)C#C/C=C\C#C[C@@H]1CC=C2. The second kappa shape index (κ2) is 6.65. The number of aliphatic hydroxyl groups is 1. The van der Waals surface area contributed by atoms with Gasteiger partial charge in [0.05, 0.1) is 6.61 Å². The second-order valence-corrected chi connectivity index (χ2v) is 4.17. The molecule has 2 bridgehead atoms. The number of amides is 1. The fourth-order valence-electron chi connectivity index (χ4n) is 1.93. The largest absolute Gasteiger partial charge is 0.449 e. The number of hydrogen-bond donors (Lipinski definition) is 1. The lowest BCUT2D eigenvalue weighted by Gasteiger charge is -2.31. The van der Waals surface area contributed by atoms with Crippen LogP contribution in [0.5, 0.6) is 0 Å². The highest BCUT2D eigenvalue weighted by atomic mass is 16.6. The van der Waals surface area contributed by atoms with Gasteiger partial charge < -0.3 is 9.84 Å². The van der Waals surface area contributed by atoms with Gasteiger partial charge in [0.1, 0.15) is 12.1 Å². The Labute approximate surface area is 118 Å². The first-order valence-electron chi connectivity index (χ1n) is 6.42. The third-order valence-electron chi connectivity index (χ3n) is 2.76. The summed E-state index contributed by atoms with van der Waals surface area (Å²) in [5, 5.41) is 9.83. The Morgan fingerprint density at radius 1 is 1.45 bits per heavy atom. The van der Waals surface area contributed by atoms with Crippen molar-refractivity contribution in [2.75, 3.05) is 6.61 Å². The van der Waals surface area contributed by atoms with Crippen molar-refractivity contribution in [3.63, 3.8) is 0 Å². The zero-order valence-corrected chi connectivity index (χ0v) is 11.2. The predicted octanol–water partition coefficient (Wildman–Crippen LogP) is 1.59. The Balaban J connectivity index is 2.44. The number of carbonyl (C=O) groups excluding carboxylic acids is 1. The zero-order valence-electron chi connectivity index (χ0n) is 11.2. The first-order chi connectivity index (χ1) is 9.72. The molecule has 0 fully saturated rings. The zero-order chi connectivity index (χ0) is 14.4. The van der Waals surface area contributed by atoms with Gasteiger partial charge >= 0.3 is 6.09 Å². The predicted molar refractivity (Wildman–Crippen MR) is 75.2 cm³/mol. The van der Waals surface area contributed by atoms with Crippen LogP contribution in [0.3, 0.4) is 0 Å². The molecule has 4 heteroatoms. The maximum Gasteiger partial charge on any atom is 0.415 e. The Kier molecular flexibility index (Phi) is 4.65. The van der Waals surface area contributed by atoms with Gasteiger partial charge in [0.15, 0.2) is 0 Å². The van der Waals surface area contributed by atoms with E-state index in [0.29, 0.717) is 12.1 Å². The third kappa shape index (κ3) is 3.32. The van der Waals surface area contributed by atoms with Gasteiger partial charge in [-0.2, -0.15) is 0 Å². The van der Waals surface area contributed by atoms with Crippen LogP contribution in [0.25, 0.3) is 0 Å². The summed E-state index contributed by atoms with van der Waals surface area (Å²) in [7, 11) is 0. The molecule has 1 amide bonds. The minimum Gasteiger partial charge on any atom is -0.449 e. The number of carbonyl (C=O) groups is 1. The van der Waals surface area contributed by atoms with Crippen molar-refractivity contribution in [3.8, 4) is 23.7 Å². The van der Waals surface area contributed by atoms with E-state index in [2.05, 4.69) is 23.7 Å². The molecule has 0 saturated carbocycles. The number of rotatable bonds is 1. The van der Waals surface area contributed by atoms with Crippen LogP contribution in [0, 0.1) is 23.7 Å². The molecule has 4 nitrogen and oxygen atoms in total. The van der Waals surface area contributed by atoms with Crippen molar-refractivity contribution in [2.45, 2.75) is 25.5 Å². The van der Waals surface area contributed by atoms with E-state index in [-0.39, 0.29) is 12.6 Å². The van der Waals surface area contributed by atoms with Gasteiger partial charge in [-0.25, -0.2) is 4.79 Å². The lowest BCUT2D eigenvalue weighted by atomic mass is 10.1. The number of allylic oxidation sites excluding steroid dienone is 3. The topological polar surface area (TPSA) is 49.8 Å². The van der Waals surface area contributed by atoms with Gasteiger partial charge in [-0.3, -0.25) is 4.90 Å².